The Morgan fingerprint density at radius 2 is 1.76 bits per heavy atom. The lowest BCUT2D eigenvalue weighted by Gasteiger charge is -2.36. The molecule has 2 atom stereocenters. The Hall–Kier alpha value is -3.17. The molecule has 0 saturated carbocycles. The molecular formula is C20H25N5O4. The second kappa shape index (κ2) is 9.35. The SMILES string of the molecule is C[C@@H](O)[C@H](NC(=O)N1CCN(c2ccc(-c3ccccn3)cc2)CC1)C(=O)NO. The van der Waals surface area contributed by atoms with Crippen LogP contribution in [0.2, 0.25) is 0 Å². The fraction of sp³-hybridized carbons (Fsp3) is 0.350. The largest absolute Gasteiger partial charge is 0.391 e. The molecule has 2 aromatic rings. The number of carbonyl (C=O) groups excluding carboxylic acids is 2. The lowest BCUT2D eigenvalue weighted by atomic mass is 10.1. The van der Waals surface area contributed by atoms with E-state index in [9.17, 15) is 14.7 Å². The Kier molecular flexibility index (Phi) is 6.63. The number of aliphatic hydroxyl groups is 1. The molecule has 1 aliphatic rings. The minimum absolute atomic E-state index is 0.454. The maximum atomic E-state index is 12.4. The number of aromatic nitrogens is 1. The number of hydroxylamine groups is 1. The predicted octanol–water partition coefficient (Wildman–Crippen LogP) is 0.835. The summed E-state index contributed by atoms with van der Waals surface area (Å²) in [7, 11) is 0. The van der Waals surface area contributed by atoms with E-state index in [-0.39, 0.29) is 0 Å². The van der Waals surface area contributed by atoms with Gasteiger partial charge >= 0.3 is 6.03 Å². The first-order valence-electron chi connectivity index (χ1n) is 9.43. The second-order valence-corrected chi connectivity index (χ2v) is 6.88. The summed E-state index contributed by atoms with van der Waals surface area (Å²) < 4.78 is 0. The van der Waals surface area contributed by atoms with Crippen LogP contribution < -0.4 is 15.7 Å². The molecule has 3 amide bonds. The van der Waals surface area contributed by atoms with Crippen molar-refractivity contribution in [2.75, 3.05) is 31.1 Å². The van der Waals surface area contributed by atoms with Gasteiger partial charge in [-0.1, -0.05) is 18.2 Å². The molecule has 0 spiro atoms. The molecule has 0 unspecified atom stereocenters. The zero-order valence-corrected chi connectivity index (χ0v) is 16.2. The van der Waals surface area contributed by atoms with Gasteiger partial charge in [0.05, 0.1) is 11.8 Å². The number of carbonyl (C=O) groups is 2. The molecule has 154 valence electrons. The van der Waals surface area contributed by atoms with Crippen LogP contribution in [-0.4, -0.2) is 70.5 Å². The van der Waals surface area contributed by atoms with Gasteiger partial charge in [-0.25, -0.2) is 10.3 Å². The van der Waals surface area contributed by atoms with Gasteiger partial charge in [0.25, 0.3) is 5.91 Å². The van der Waals surface area contributed by atoms with Gasteiger partial charge in [0.1, 0.15) is 6.04 Å². The number of anilines is 1. The average Bonchev–Trinajstić information content (AvgIpc) is 2.77. The van der Waals surface area contributed by atoms with Crippen molar-refractivity contribution < 1.29 is 19.9 Å². The van der Waals surface area contributed by atoms with Crippen molar-refractivity contribution in [3.8, 4) is 11.3 Å². The number of benzene rings is 1. The first kappa shape index (κ1) is 20.6. The van der Waals surface area contributed by atoms with Crippen LogP contribution in [0.25, 0.3) is 11.3 Å². The van der Waals surface area contributed by atoms with Gasteiger partial charge in [-0.15, -0.1) is 0 Å². The Bertz CT molecular complexity index is 821. The summed E-state index contributed by atoms with van der Waals surface area (Å²) in [6.45, 7) is 3.60. The second-order valence-electron chi connectivity index (χ2n) is 6.88. The van der Waals surface area contributed by atoms with Crippen molar-refractivity contribution in [1.82, 2.24) is 20.7 Å². The number of nitrogens with zero attached hydrogens (tertiary/aromatic N) is 3. The molecule has 0 aliphatic carbocycles. The fourth-order valence-electron chi connectivity index (χ4n) is 3.24. The molecule has 1 aliphatic heterocycles. The highest BCUT2D eigenvalue weighted by Gasteiger charge is 2.29. The van der Waals surface area contributed by atoms with E-state index in [0.717, 1.165) is 16.9 Å². The standard InChI is InChI=1S/C20H25N5O4/c1-14(26)18(19(27)23-29)22-20(28)25-12-10-24(11-13-25)16-7-5-15(6-8-16)17-4-2-3-9-21-17/h2-9,14,18,26,29H,10-13H2,1H3,(H,22,28)(H,23,27)/t14-,18+/m1/s1. The van der Waals surface area contributed by atoms with Crippen LogP contribution in [0.5, 0.6) is 0 Å². The minimum atomic E-state index is -1.22. The molecule has 1 saturated heterocycles. The van der Waals surface area contributed by atoms with Gasteiger partial charge in [0.2, 0.25) is 0 Å². The number of hydrogen-bond acceptors (Lipinski definition) is 6. The molecule has 0 bridgehead atoms. The third kappa shape index (κ3) is 5.01. The number of nitrogens with one attached hydrogen (secondary N) is 2. The zero-order chi connectivity index (χ0) is 20.8. The smallest absolute Gasteiger partial charge is 0.318 e. The van der Waals surface area contributed by atoms with E-state index in [0.29, 0.717) is 26.2 Å². The van der Waals surface area contributed by atoms with Gasteiger partial charge in [0, 0.05) is 43.6 Å². The molecule has 2 heterocycles. The van der Waals surface area contributed by atoms with Gasteiger partial charge < -0.3 is 20.2 Å². The highest BCUT2D eigenvalue weighted by molar-refractivity contribution is 5.87. The van der Waals surface area contributed by atoms with E-state index < -0.39 is 24.1 Å². The van der Waals surface area contributed by atoms with E-state index in [4.69, 9.17) is 5.21 Å². The molecule has 29 heavy (non-hydrogen) atoms. The van der Waals surface area contributed by atoms with E-state index in [2.05, 4.69) is 15.2 Å². The number of urea groups is 1. The van der Waals surface area contributed by atoms with Crippen molar-refractivity contribution in [2.24, 2.45) is 0 Å². The van der Waals surface area contributed by atoms with E-state index >= 15 is 0 Å². The van der Waals surface area contributed by atoms with Gasteiger partial charge in [-0.05, 0) is 31.2 Å². The number of amides is 3. The van der Waals surface area contributed by atoms with Crippen LogP contribution in [0.4, 0.5) is 10.5 Å². The summed E-state index contributed by atoms with van der Waals surface area (Å²) in [5, 5.41) is 20.8. The summed E-state index contributed by atoms with van der Waals surface area (Å²) in [5.74, 6) is -0.861. The van der Waals surface area contributed by atoms with Crippen molar-refractivity contribution in [2.45, 2.75) is 19.1 Å². The Morgan fingerprint density at radius 1 is 1.07 bits per heavy atom. The third-order valence-electron chi connectivity index (χ3n) is 4.91. The van der Waals surface area contributed by atoms with Crippen molar-refractivity contribution in [3.05, 3.63) is 48.7 Å². The summed E-state index contributed by atoms with van der Waals surface area (Å²) in [6, 6.07) is 12.2. The van der Waals surface area contributed by atoms with Gasteiger partial charge in [0.15, 0.2) is 0 Å². The van der Waals surface area contributed by atoms with Crippen LogP contribution in [-0.2, 0) is 4.79 Å². The molecule has 4 N–H and O–H groups in total. The van der Waals surface area contributed by atoms with Crippen LogP contribution in [0.1, 0.15) is 6.92 Å². The molecule has 1 fully saturated rings. The maximum Gasteiger partial charge on any atom is 0.318 e. The van der Waals surface area contributed by atoms with Gasteiger partial charge in [-0.2, -0.15) is 0 Å². The number of hydrogen-bond donors (Lipinski definition) is 4. The van der Waals surface area contributed by atoms with Crippen LogP contribution in [0.15, 0.2) is 48.7 Å². The number of aliphatic hydroxyl groups excluding tert-OH is 1. The van der Waals surface area contributed by atoms with Crippen molar-refractivity contribution in [1.29, 1.82) is 0 Å². The summed E-state index contributed by atoms with van der Waals surface area (Å²) in [5.41, 5.74) is 4.47. The van der Waals surface area contributed by atoms with Gasteiger partial charge in [-0.3, -0.25) is 15.0 Å². The molecule has 9 heteroatoms. The summed E-state index contributed by atoms with van der Waals surface area (Å²) in [6.07, 6.45) is 0.629. The van der Waals surface area contributed by atoms with E-state index in [1.54, 1.807) is 11.1 Å². The number of pyridine rings is 1. The van der Waals surface area contributed by atoms with Crippen LogP contribution in [0.3, 0.4) is 0 Å². The molecule has 3 rings (SSSR count). The van der Waals surface area contributed by atoms with Crippen molar-refractivity contribution >= 4 is 17.6 Å². The monoisotopic (exact) mass is 399 g/mol. The first-order chi connectivity index (χ1) is 14.0. The molecule has 1 aromatic heterocycles. The minimum Gasteiger partial charge on any atom is -0.391 e. The Balaban J connectivity index is 1.56. The summed E-state index contributed by atoms with van der Waals surface area (Å²) >= 11 is 0. The molecule has 9 nitrogen and oxygen atoms in total. The van der Waals surface area contributed by atoms with Crippen LogP contribution >= 0.6 is 0 Å². The Morgan fingerprint density at radius 3 is 2.31 bits per heavy atom. The van der Waals surface area contributed by atoms with E-state index in [1.165, 1.54) is 12.4 Å². The van der Waals surface area contributed by atoms with Crippen LogP contribution in [0, 0.1) is 0 Å². The molecular weight excluding hydrogens is 374 g/mol. The predicted molar refractivity (Wildman–Crippen MR) is 107 cm³/mol. The number of rotatable bonds is 5. The van der Waals surface area contributed by atoms with Crippen molar-refractivity contribution in [3.63, 3.8) is 0 Å². The first-order valence-corrected chi connectivity index (χ1v) is 9.43. The average molecular weight is 399 g/mol. The number of piperazine rings is 1. The lowest BCUT2D eigenvalue weighted by molar-refractivity contribution is -0.133. The Labute approximate surface area is 168 Å². The lowest BCUT2D eigenvalue weighted by Crippen LogP contribution is -2.58. The summed E-state index contributed by atoms with van der Waals surface area (Å²) in [4.78, 5) is 32.1. The molecule has 1 aromatic carbocycles. The third-order valence-corrected chi connectivity index (χ3v) is 4.91. The quantitative estimate of drug-likeness (QED) is 0.437. The highest BCUT2D eigenvalue weighted by atomic mass is 16.5. The topological polar surface area (TPSA) is 118 Å². The fourth-order valence-corrected chi connectivity index (χ4v) is 3.24. The van der Waals surface area contributed by atoms with E-state index in [1.807, 2.05) is 42.5 Å². The maximum absolute atomic E-state index is 12.4. The normalized spacial score (nSPS) is 16.1. The molecule has 0 radical (unpaired) electrons. The zero-order valence-electron chi connectivity index (χ0n) is 16.2. The highest BCUT2D eigenvalue weighted by Crippen LogP contribution is 2.22.